The standard InChI is InChI=1S/C34H44N2O8/c1-21(37)44-34-19-26(30(39)42-8)36(20-34)29(38)28(32(2,3)4)35-31(40)43-15-14-33(5,6)13-9-10-23-16-24-17-25(34)12-11-22(24)18-27(23)41-7/h9-12,16-18,26,28H,13-15,19-20H2,1-8H3,(H,35,40)/b10-9+/t26-,28+,34-/m0/s1. The lowest BCUT2D eigenvalue weighted by molar-refractivity contribution is -0.158. The van der Waals surface area contributed by atoms with Crippen molar-refractivity contribution in [3.63, 3.8) is 0 Å². The summed E-state index contributed by atoms with van der Waals surface area (Å²) in [5.74, 6) is -1.01. The number of hydrogen-bond acceptors (Lipinski definition) is 8. The van der Waals surface area contributed by atoms with Crippen molar-refractivity contribution >= 4 is 40.8 Å². The number of fused-ring (bicyclic) bond motifs is 5. The van der Waals surface area contributed by atoms with Crippen molar-refractivity contribution in [1.29, 1.82) is 0 Å². The van der Waals surface area contributed by atoms with E-state index in [-0.39, 0.29) is 25.0 Å². The van der Waals surface area contributed by atoms with Crippen LogP contribution in [0.1, 0.15) is 71.9 Å². The molecule has 5 bridgehead atoms. The maximum Gasteiger partial charge on any atom is 0.407 e. The average molecular weight is 609 g/mol. The minimum atomic E-state index is -1.35. The molecule has 0 unspecified atom stereocenters. The fraction of sp³-hybridized carbons (Fsp3) is 0.529. The molecule has 1 N–H and O–H groups in total. The number of benzene rings is 2. The lowest BCUT2D eigenvalue weighted by Gasteiger charge is -2.35. The third-order valence-electron chi connectivity index (χ3n) is 8.49. The highest BCUT2D eigenvalue weighted by atomic mass is 16.6. The number of amides is 2. The Morgan fingerprint density at radius 3 is 2.43 bits per heavy atom. The van der Waals surface area contributed by atoms with Gasteiger partial charge >= 0.3 is 18.0 Å². The van der Waals surface area contributed by atoms with Crippen molar-refractivity contribution in [3.8, 4) is 5.75 Å². The lowest BCUT2D eigenvalue weighted by atomic mass is 9.85. The smallest absolute Gasteiger partial charge is 0.407 e. The van der Waals surface area contributed by atoms with Gasteiger partial charge in [0.25, 0.3) is 0 Å². The van der Waals surface area contributed by atoms with Crippen molar-refractivity contribution in [2.75, 3.05) is 27.4 Å². The van der Waals surface area contributed by atoms with Crippen molar-refractivity contribution in [2.45, 2.75) is 78.5 Å². The quantitative estimate of drug-likeness (QED) is 0.366. The molecule has 0 aliphatic carbocycles. The van der Waals surface area contributed by atoms with Gasteiger partial charge in [-0.05, 0) is 58.2 Å². The van der Waals surface area contributed by atoms with Crippen LogP contribution in [0.25, 0.3) is 16.8 Å². The summed E-state index contributed by atoms with van der Waals surface area (Å²) in [5, 5.41) is 4.53. The van der Waals surface area contributed by atoms with Crippen molar-refractivity contribution < 1.29 is 38.1 Å². The third-order valence-corrected chi connectivity index (χ3v) is 8.49. The molecule has 3 atom stereocenters. The molecule has 4 rings (SSSR count). The molecule has 2 aromatic rings. The first kappa shape index (κ1) is 32.8. The molecule has 1 fully saturated rings. The summed E-state index contributed by atoms with van der Waals surface area (Å²) in [5.41, 5.74) is -0.772. The van der Waals surface area contributed by atoms with Gasteiger partial charge in [0.1, 0.15) is 17.8 Å². The average Bonchev–Trinajstić information content (AvgIpc) is 3.33. The minimum Gasteiger partial charge on any atom is -0.496 e. The number of nitrogens with zero attached hydrogens (tertiary/aromatic N) is 1. The van der Waals surface area contributed by atoms with E-state index in [1.165, 1.54) is 18.9 Å². The van der Waals surface area contributed by atoms with Crippen LogP contribution >= 0.6 is 0 Å². The zero-order valence-corrected chi connectivity index (χ0v) is 26.9. The zero-order valence-electron chi connectivity index (χ0n) is 26.9. The van der Waals surface area contributed by atoms with Gasteiger partial charge in [-0.1, -0.05) is 58.9 Å². The van der Waals surface area contributed by atoms with Crippen molar-refractivity contribution in [2.24, 2.45) is 10.8 Å². The van der Waals surface area contributed by atoms with Gasteiger partial charge in [0.15, 0.2) is 5.60 Å². The number of carbonyl (C=O) groups is 4. The molecule has 0 spiro atoms. The second-order valence-corrected chi connectivity index (χ2v) is 13.6. The first-order valence-electron chi connectivity index (χ1n) is 14.9. The van der Waals surface area contributed by atoms with Crippen LogP contribution in [0.3, 0.4) is 0 Å². The molecule has 0 aromatic heterocycles. The van der Waals surface area contributed by atoms with E-state index < -0.39 is 47.0 Å². The fourth-order valence-electron chi connectivity index (χ4n) is 5.95. The molecule has 238 valence electrons. The van der Waals surface area contributed by atoms with Crippen LogP contribution in [0, 0.1) is 10.8 Å². The Morgan fingerprint density at radius 2 is 1.80 bits per heavy atom. The SMILES string of the molecule is COC(=O)[C@@H]1C[C@]2(OC(C)=O)CN1C(=O)[C@H](C(C)(C)C)NC(=O)OCCC(C)(C)C/C=C/c1cc3cc2ccc3cc1OC. The molecule has 10 heteroatoms. The number of hydrogen-bond donors (Lipinski definition) is 1. The van der Waals surface area contributed by atoms with E-state index in [1.807, 2.05) is 57.2 Å². The highest BCUT2D eigenvalue weighted by Gasteiger charge is 2.54. The maximum absolute atomic E-state index is 14.3. The number of rotatable bonds is 3. The highest BCUT2D eigenvalue weighted by molar-refractivity contribution is 5.92. The molecule has 1 saturated heterocycles. The largest absolute Gasteiger partial charge is 0.496 e. The Bertz CT molecular complexity index is 1470. The Hall–Kier alpha value is -4.08. The van der Waals surface area contributed by atoms with E-state index in [0.717, 1.165) is 22.8 Å². The summed E-state index contributed by atoms with van der Waals surface area (Å²) >= 11 is 0. The van der Waals surface area contributed by atoms with E-state index in [9.17, 15) is 19.2 Å². The van der Waals surface area contributed by atoms with Crippen LogP contribution in [-0.4, -0.2) is 68.3 Å². The predicted molar refractivity (Wildman–Crippen MR) is 166 cm³/mol. The third kappa shape index (κ3) is 7.00. The lowest BCUT2D eigenvalue weighted by Crippen LogP contribution is -2.57. The minimum absolute atomic E-state index is 0.0180. The predicted octanol–water partition coefficient (Wildman–Crippen LogP) is 5.35. The Labute approximate surface area is 259 Å². The van der Waals surface area contributed by atoms with Gasteiger partial charge < -0.3 is 29.2 Å². The number of cyclic esters (lactones) is 1. The van der Waals surface area contributed by atoms with E-state index in [2.05, 4.69) is 25.2 Å². The van der Waals surface area contributed by atoms with Crippen molar-refractivity contribution in [1.82, 2.24) is 10.2 Å². The molecule has 0 saturated carbocycles. The molecular formula is C34H44N2O8. The topological polar surface area (TPSA) is 120 Å². The Morgan fingerprint density at radius 1 is 1.07 bits per heavy atom. The summed E-state index contributed by atoms with van der Waals surface area (Å²) in [6.45, 7) is 11.0. The normalized spacial score (nSPS) is 25.0. The highest BCUT2D eigenvalue weighted by Crippen LogP contribution is 2.43. The summed E-state index contributed by atoms with van der Waals surface area (Å²) in [4.78, 5) is 54.3. The number of methoxy groups -OCH3 is 2. The monoisotopic (exact) mass is 608 g/mol. The van der Waals surface area contributed by atoms with Crippen LogP contribution in [0.5, 0.6) is 5.75 Å². The summed E-state index contributed by atoms with van der Waals surface area (Å²) < 4.78 is 22.3. The second kappa shape index (κ2) is 12.5. The molecule has 2 aliphatic heterocycles. The number of alkyl carbamates (subject to hydrolysis) is 1. The van der Waals surface area contributed by atoms with Crippen LogP contribution in [0.2, 0.25) is 0 Å². The zero-order chi connectivity index (χ0) is 32.4. The number of carbonyl (C=O) groups excluding carboxylic acids is 4. The van der Waals surface area contributed by atoms with E-state index in [4.69, 9.17) is 18.9 Å². The maximum atomic E-state index is 14.3. The van der Waals surface area contributed by atoms with E-state index in [0.29, 0.717) is 17.7 Å². The molecular weight excluding hydrogens is 564 g/mol. The van der Waals surface area contributed by atoms with E-state index in [1.54, 1.807) is 7.11 Å². The van der Waals surface area contributed by atoms with Crippen LogP contribution in [-0.2, 0) is 34.2 Å². The second-order valence-electron chi connectivity index (χ2n) is 13.6. The van der Waals surface area contributed by atoms with Crippen LogP contribution in [0.4, 0.5) is 4.79 Å². The summed E-state index contributed by atoms with van der Waals surface area (Å²) in [7, 11) is 2.87. The van der Waals surface area contributed by atoms with Gasteiger partial charge in [0, 0.05) is 18.9 Å². The first-order chi connectivity index (χ1) is 20.6. The number of allylic oxidation sites excluding steroid dienone is 1. The summed E-state index contributed by atoms with van der Waals surface area (Å²) in [6.07, 6.45) is 4.66. The number of esters is 2. The molecule has 0 radical (unpaired) electrons. The number of nitrogens with one attached hydrogen (secondary N) is 1. The van der Waals surface area contributed by atoms with Gasteiger partial charge in [-0.15, -0.1) is 0 Å². The van der Waals surface area contributed by atoms with Gasteiger partial charge in [0.05, 0.1) is 27.4 Å². The van der Waals surface area contributed by atoms with Gasteiger partial charge in [-0.2, -0.15) is 0 Å². The summed E-state index contributed by atoms with van der Waals surface area (Å²) in [6, 6.07) is 7.52. The molecule has 44 heavy (non-hydrogen) atoms. The fourth-order valence-corrected chi connectivity index (χ4v) is 5.95. The van der Waals surface area contributed by atoms with Gasteiger partial charge in [-0.3, -0.25) is 9.59 Å². The number of ether oxygens (including phenoxy) is 4. The molecule has 2 amide bonds. The Balaban J connectivity index is 1.92. The molecule has 2 aromatic carbocycles. The molecule has 2 aliphatic rings. The van der Waals surface area contributed by atoms with Gasteiger partial charge in [-0.25, -0.2) is 9.59 Å². The van der Waals surface area contributed by atoms with E-state index >= 15 is 0 Å². The van der Waals surface area contributed by atoms with Crippen LogP contribution < -0.4 is 10.1 Å². The molecule has 2 heterocycles. The molecule has 10 nitrogen and oxygen atoms in total. The van der Waals surface area contributed by atoms with Crippen LogP contribution in [0.15, 0.2) is 36.4 Å². The van der Waals surface area contributed by atoms with Crippen molar-refractivity contribution in [3.05, 3.63) is 47.5 Å². The Kier molecular flexibility index (Phi) is 9.32. The first-order valence-corrected chi connectivity index (χ1v) is 14.9. The van der Waals surface area contributed by atoms with Gasteiger partial charge in [0.2, 0.25) is 5.91 Å².